The fourth-order valence-electron chi connectivity index (χ4n) is 3.93. The van der Waals surface area contributed by atoms with Crippen LogP contribution in [0.3, 0.4) is 0 Å². The predicted octanol–water partition coefficient (Wildman–Crippen LogP) is 5.17. The molecule has 2 aliphatic rings. The monoisotopic (exact) mass is 438 g/mol. The fraction of sp³-hybridized carbons (Fsp3) is 0.217. The van der Waals surface area contributed by atoms with E-state index in [1.807, 2.05) is 37.3 Å². The second-order valence-corrected chi connectivity index (χ2v) is 9.46. The normalized spacial score (nSPS) is 18.2. The van der Waals surface area contributed by atoms with Crippen LogP contribution < -0.4 is 5.32 Å². The number of anilines is 1. The number of nitrogens with one attached hydrogen (secondary N) is 1. The third-order valence-electron chi connectivity index (χ3n) is 5.91. The van der Waals surface area contributed by atoms with Crippen molar-refractivity contribution in [3.63, 3.8) is 0 Å². The van der Waals surface area contributed by atoms with Crippen LogP contribution in [0.4, 0.5) is 5.69 Å². The summed E-state index contributed by atoms with van der Waals surface area (Å²) in [5, 5.41) is 24.5. The summed E-state index contributed by atoms with van der Waals surface area (Å²) in [4.78, 5) is 17.3. The van der Waals surface area contributed by atoms with Gasteiger partial charge in [0.1, 0.15) is 5.76 Å². The number of aliphatic hydroxyl groups excluding tert-OH is 2. The lowest BCUT2D eigenvalue weighted by Gasteiger charge is -2.14. The minimum Gasteiger partial charge on any atom is -0.506 e. The number of carbonyl (C=O) groups is 1. The molecule has 1 fully saturated rings. The molecule has 7 heteroatoms. The molecule has 1 aromatic heterocycles. The molecule has 0 bridgehead atoms. The Morgan fingerprint density at radius 3 is 2.57 bits per heavy atom. The van der Waals surface area contributed by atoms with Crippen molar-refractivity contribution in [2.24, 2.45) is 0 Å². The first-order valence-electron chi connectivity index (χ1n) is 9.65. The number of halogens is 1. The van der Waals surface area contributed by atoms with Crippen LogP contribution in [0.5, 0.6) is 0 Å². The molecule has 30 heavy (non-hydrogen) atoms. The van der Waals surface area contributed by atoms with Gasteiger partial charge in [-0.1, -0.05) is 35.9 Å². The van der Waals surface area contributed by atoms with Crippen LogP contribution >= 0.6 is 22.9 Å². The summed E-state index contributed by atoms with van der Waals surface area (Å²) in [5.41, 5.74) is 4.13. The lowest BCUT2D eigenvalue weighted by atomic mass is 9.93. The van der Waals surface area contributed by atoms with E-state index in [2.05, 4.69) is 10.3 Å². The Labute approximate surface area is 182 Å². The number of aliphatic hydroxyl groups is 2. The summed E-state index contributed by atoms with van der Waals surface area (Å²) in [6, 6.07) is 11.6. The molecule has 0 saturated heterocycles. The van der Waals surface area contributed by atoms with E-state index in [1.165, 1.54) is 11.3 Å². The third kappa shape index (κ3) is 3.03. The molecule has 0 radical (unpaired) electrons. The average Bonchev–Trinajstić information content (AvgIpc) is 3.32. The summed E-state index contributed by atoms with van der Waals surface area (Å²) in [6.45, 7) is 2.00. The molecule has 1 amide bonds. The molecule has 3 N–H and O–H groups in total. The maximum Gasteiger partial charge on any atom is 0.260 e. The molecular formula is C23H19ClN2O3S. The summed E-state index contributed by atoms with van der Waals surface area (Å²) in [5.74, 6) is -0.449. The van der Waals surface area contributed by atoms with Crippen LogP contribution in [0.2, 0.25) is 5.02 Å². The largest absolute Gasteiger partial charge is 0.506 e. The van der Waals surface area contributed by atoms with Gasteiger partial charge in [0.05, 0.1) is 32.8 Å². The smallest absolute Gasteiger partial charge is 0.260 e. The Kier molecular flexibility index (Phi) is 4.47. The summed E-state index contributed by atoms with van der Waals surface area (Å²) >= 11 is 7.86. The van der Waals surface area contributed by atoms with Crippen molar-refractivity contribution >= 4 is 45.9 Å². The first-order valence-corrected chi connectivity index (χ1v) is 10.8. The summed E-state index contributed by atoms with van der Waals surface area (Å²) in [7, 11) is 0. The number of thiazole rings is 1. The number of hydrogen-bond acceptors (Lipinski definition) is 5. The molecule has 2 heterocycles. The Hall–Kier alpha value is -2.67. The van der Waals surface area contributed by atoms with E-state index < -0.39 is 0 Å². The zero-order chi connectivity index (χ0) is 21.0. The van der Waals surface area contributed by atoms with Gasteiger partial charge in [0.15, 0.2) is 0 Å². The highest BCUT2D eigenvalue weighted by Crippen LogP contribution is 2.48. The number of carbonyl (C=O) groups excluding carboxylic acids is 1. The van der Waals surface area contributed by atoms with Crippen molar-refractivity contribution in [3.8, 4) is 11.1 Å². The molecule has 0 atom stereocenters. The quantitative estimate of drug-likeness (QED) is 0.387. The van der Waals surface area contributed by atoms with Crippen molar-refractivity contribution in [3.05, 3.63) is 68.6 Å². The SMILES string of the molecule is Cc1ncc(/C(O)=C2\C(=O)Nc3cc(Cl)c(-c4ccc(C5(CO)CC5)cc4)cc32)s1. The van der Waals surface area contributed by atoms with Gasteiger partial charge in [-0.15, -0.1) is 11.3 Å². The molecule has 3 aromatic rings. The number of hydrogen-bond donors (Lipinski definition) is 3. The van der Waals surface area contributed by atoms with E-state index in [9.17, 15) is 15.0 Å². The lowest BCUT2D eigenvalue weighted by molar-refractivity contribution is -0.110. The second-order valence-electron chi connectivity index (χ2n) is 7.81. The van der Waals surface area contributed by atoms with Crippen LogP contribution in [0.25, 0.3) is 22.5 Å². The highest BCUT2D eigenvalue weighted by molar-refractivity contribution is 7.12. The number of benzene rings is 2. The van der Waals surface area contributed by atoms with Crippen molar-refractivity contribution < 1.29 is 15.0 Å². The molecular weight excluding hydrogens is 420 g/mol. The molecule has 5 rings (SSSR count). The Morgan fingerprint density at radius 1 is 1.23 bits per heavy atom. The number of aryl methyl sites for hydroxylation is 1. The molecule has 152 valence electrons. The number of fused-ring (bicyclic) bond motifs is 1. The van der Waals surface area contributed by atoms with Crippen LogP contribution in [0.15, 0.2) is 42.6 Å². The van der Waals surface area contributed by atoms with Gasteiger partial charge < -0.3 is 15.5 Å². The third-order valence-corrected chi connectivity index (χ3v) is 7.14. The molecule has 2 aromatic carbocycles. The lowest BCUT2D eigenvalue weighted by Crippen LogP contribution is -2.11. The molecule has 1 aliphatic heterocycles. The first kappa shape index (κ1) is 19.3. The van der Waals surface area contributed by atoms with Crippen LogP contribution in [0, 0.1) is 6.92 Å². The van der Waals surface area contributed by atoms with Gasteiger partial charge in [-0.05, 0) is 43.0 Å². The Balaban J connectivity index is 1.59. The van der Waals surface area contributed by atoms with E-state index in [0.717, 1.165) is 34.5 Å². The minimum absolute atomic E-state index is 0.0842. The Bertz CT molecular complexity index is 1210. The van der Waals surface area contributed by atoms with E-state index in [4.69, 9.17) is 11.6 Å². The fourth-order valence-corrected chi connectivity index (χ4v) is 4.93. The average molecular weight is 439 g/mol. The van der Waals surface area contributed by atoms with Gasteiger partial charge >= 0.3 is 0 Å². The summed E-state index contributed by atoms with van der Waals surface area (Å²) < 4.78 is 0. The molecule has 1 aliphatic carbocycles. The van der Waals surface area contributed by atoms with Crippen molar-refractivity contribution in [2.45, 2.75) is 25.2 Å². The zero-order valence-corrected chi connectivity index (χ0v) is 17.8. The number of amides is 1. The topological polar surface area (TPSA) is 82.5 Å². The van der Waals surface area contributed by atoms with E-state index in [0.29, 0.717) is 21.2 Å². The summed E-state index contributed by atoms with van der Waals surface area (Å²) in [6.07, 6.45) is 3.57. The first-order chi connectivity index (χ1) is 14.4. The number of aromatic nitrogens is 1. The molecule has 5 nitrogen and oxygen atoms in total. The number of rotatable bonds is 4. The van der Waals surface area contributed by atoms with Gasteiger partial charge in [0.25, 0.3) is 5.91 Å². The molecule has 0 spiro atoms. The van der Waals surface area contributed by atoms with Gasteiger partial charge in [-0.2, -0.15) is 0 Å². The van der Waals surface area contributed by atoms with Crippen molar-refractivity contribution in [1.29, 1.82) is 0 Å². The predicted molar refractivity (Wildman–Crippen MR) is 120 cm³/mol. The maximum atomic E-state index is 12.6. The van der Waals surface area contributed by atoms with Gasteiger partial charge in [0, 0.05) is 22.7 Å². The van der Waals surface area contributed by atoms with E-state index in [1.54, 1.807) is 12.3 Å². The van der Waals surface area contributed by atoms with Crippen molar-refractivity contribution in [1.82, 2.24) is 4.98 Å². The molecule has 0 unspecified atom stereocenters. The Morgan fingerprint density at radius 2 is 1.97 bits per heavy atom. The minimum atomic E-state index is -0.365. The van der Waals surface area contributed by atoms with Crippen molar-refractivity contribution in [2.75, 3.05) is 11.9 Å². The highest BCUT2D eigenvalue weighted by atomic mass is 35.5. The standard InChI is InChI=1S/C23H19ClN2O3S/c1-12-25-10-19(30-12)21(28)20-16-8-15(17(24)9-18(16)26-22(20)29)13-2-4-14(5-3-13)23(11-27)6-7-23/h2-5,8-10,27-28H,6-7,11H2,1H3,(H,26,29)/b21-20+. The molecule has 1 saturated carbocycles. The van der Waals surface area contributed by atoms with E-state index >= 15 is 0 Å². The van der Waals surface area contributed by atoms with Gasteiger partial charge in [-0.25, -0.2) is 4.98 Å². The van der Waals surface area contributed by atoms with Gasteiger partial charge in [-0.3, -0.25) is 4.79 Å². The zero-order valence-electron chi connectivity index (χ0n) is 16.2. The second kappa shape index (κ2) is 6.94. The highest BCUT2D eigenvalue weighted by Gasteiger charge is 2.43. The number of nitrogens with zero attached hydrogens (tertiary/aromatic N) is 1. The van der Waals surface area contributed by atoms with Gasteiger partial charge in [0.2, 0.25) is 0 Å². The van der Waals surface area contributed by atoms with Crippen LogP contribution in [-0.2, 0) is 10.2 Å². The van der Waals surface area contributed by atoms with Crippen LogP contribution in [0.1, 0.15) is 33.9 Å². The van der Waals surface area contributed by atoms with Crippen LogP contribution in [-0.4, -0.2) is 27.7 Å². The maximum absolute atomic E-state index is 12.6. The van der Waals surface area contributed by atoms with E-state index in [-0.39, 0.29) is 29.3 Å².